The van der Waals surface area contributed by atoms with Gasteiger partial charge in [-0.3, -0.25) is 5.10 Å². The highest BCUT2D eigenvalue weighted by atomic mass is 16.5. The van der Waals surface area contributed by atoms with E-state index in [0.717, 1.165) is 35.7 Å². The van der Waals surface area contributed by atoms with Crippen molar-refractivity contribution in [2.24, 2.45) is 0 Å². The Morgan fingerprint density at radius 3 is 2.71 bits per heavy atom. The SMILES string of the molecule is COc1ccc(Nc2nc(N3CCOCC3)nc3[nH]ncc23)cc1. The number of hydrogen-bond acceptors (Lipinski definition) is 7. The number of ether oxygens (including phenoxy) is 2. The fraction of sp³-hybridized carbons (Fsp3) is 0.312. The summed E-state index contributed by atoms with van der Waals surface area (Å²) >= 11 is 0. The van der Waals surface area contributed by atoms with Crippen LogP contribution < -0.4 is 15.0 Å². The quantitative estimate of drug-likeness (QED) is 0.757. The molecule has 0 bridgehead atoms. The molecule has 124 valence electrons. The molecular formula is C16H18N6O2. The van der Waals surface area contributed by atoms with Crippen LogP contribution in [0.5, 0.6) is 5.75 Å². The molecule has 2 N–H and O–H groups in total. The van der Waals surface area contributed by atoms with E-state index in [1.54, 1.807) is 13.3 Å². The minimum atomic E-state index is 0.672. The van der Waals surface area contributed by atoms with Crippen LogP contribution in [-0.4, -0.2) is 53.6 Å². The number of nitrogens with one attached hydrogen (secondary N) is 2. The molecule has 1 fully saturated rings. The number of nitrogens with zero attached hydrogens (tertiary/aromatic N) is 4. The summed E-state index contributed by atoms with van der Waals surface area (Å²) in [5.74, 6) is 2.21. The monoisotopic (exact) mass is 326 g/mol. The minimum Gasteiger partial charge on any atom is -0.497 e. The molecule has 3 aromatic rings. The average Bonchev–Trinajstić information content (AvgIpc) is 3.12. The lowest BCUT2D eigenvalue weighted by atomic mass is 10.3. The maximum absolute atomic E-state index is 5.40. The van der Waals surface area contributed by atoms with Crippen LogP contribution in [0.4, 0.5) is 17.5 Å². The van der Waals surface area contributed by atoms with Crippen LogP contribution in [0.3, 0.4) is 0 Å². The Labute approximate surface area is 138 Å². The zero-order valence-corrected chi connectivity index (χ0v) is 13.3. The fourth-order valence-corrected chi connectivity index (χ4v) is 2.63. The molecule has 1 aliphatic heterocycles. The number of fused-ring (bicyclic) bond motifs is 1. The lowest BCUT2D eigenvalue weighted by Crippen LogP contribution is -2.37. The average molecular weight is 326 g/mol. The van der Waals surface area contributed by atoms with Gasteiger partial charge in [0.05, 0.1) is 31.9 Å². The molecule has 24 heavy (non-hydrogen) atoms. The molecule has 0 amide bonds. The van der Waals surface area contributed by atoms with E-state index in [4.69, 9.17) is 14.5 Å². The van der Waals surface area contributed by atoms with Crippen molar-refractivity contribution in [2.45, 2.75) is 0 Å². The van der Waals surface area contributed by atoms with E-state index in [0.29, 0.717) is 24.8 Å². The summed E-state index contributed by atoms with van der Waals surface area (Å²) in [5, 5.41) is 11.2. The Morgan fingerprint density at radius 2 is 1.96 bits per heavy atom. The van der Waals surface area contributed by atoms with E-state index in [1.165, 1.54) is 0 Å². The van der Waals surface area contributed by atoms with Gasteiger partial charge in [-0.1, -0.05) is 0 Å². The van der Waals surface area contributed by atoms with Crippen LogP contribution in [0.2, 0.25) is 0 Å². The van der Waals surface area contributed by atoms with E-state index in [1.807, 2.05) is 24.3 Å². The van der Waals surface area contributed by atoms with Crippen molar-refractivity contribution in [3.63, 3.8) is 0 Å². The third-order valence-corrected chi connectivity index (χ3v) is 3.94. The number of H-pyrrole nitrogens is 1. The summed E-state index contributed by atoms with van der Waals surface area (Å²) in [6, 6.07) is 7.69. The third kappa shape index (κ3) is 2.83. The van der Waals surface area contributed by atoms with Crippen molar-refractivity contribution in [3.8, 4) is 5.75 Å². The highest BCUT2D eigenvalue weighted by Crippen LogP contribution is 2.26. The molecule has 2 aromatic heterocycles. The number of hydrogen-bond donors (Lipinski definition) is 2. The molecule has 0 atom stereocenters. The van der Waals surface area contributed by atoms with Crippen LogP contribution in [0.1, 0.15) is 0 Å². The van der Waals surface area contributed by atoms with E-state index >= 15 is 0 Å². The Balaban J connectivity index is 1.68. The van der Waals surface area contributed by atoms with Gasteiger partial charge < -0.3 is 19.7 Å². The molecule has 3 heterocycles. The van der Waals surface area contributed by atoms with Gasteiger partial charge in [-0.15, -0.1) is 0 Å². The second kappa shape index (κ2) is 6.32. The van der Waals surface area contributed by atoms with Gasteiger partial charge in [0.15, 0.2) is 5.65 Å². The molecule has 0 saturated carbocycles. The molecule has 0 aliphatic carbocycles. The summed E-state index contributed by atoms with van der Waals surface area (Å²) in [5.41, 5.74) is 1.63. The van der Waals surface area contributed by atoms with Crippen molar-refractivity contribution in [2.75, 3.05) is 43.6 Å². The van der Waals surface area contributed by atoms with Crippen LogP contribution in [-0.2, 0) is 4.74 Å². The summed E-state index contributed by atoms with van der Waals surface area (Å²) in [7, 11) is 1.65. The molecule has 0 radical (unpaired) electrons. The Hall–Kier alpha value is -2.87. The van der Waals surface area contributed by atoms with Gasteiger partial charge in [-0.2, -0.15) is 15.1 Å². The summed E-state index contributed by atoms with van der Waals surface area (Å²) < 4.78 is 10.6. The largest absolute Gasteiger partial charge is 0.497 e. The zero-order valence-electron chi connectivity index (χ0n) is 13.3. The minimum absolute atomic E-state index is 0.672. The van der Waals surface area contributed by atoms with Crippen molar-refractivity contribution < 1.29 is 9.47 Å². The van der Waals surface area contributed by atoms with Gasteiger partial charge in [-0.25, -0.2) is 0 Å². The molecule has 8 heteroatoms. The van der Waals surface area contributed by atoms with Crippen molar-refractivity contribution in [1.82, 2.24) is 20.2 Å². The van der Waals surface area contributed by atoms with Gasteiger partial charge in [0.1, 0.15) is 11.6 Å². The predicted octanol–water partition coefficient (Wildman–Crippen LogP) is 1.94. The number of morpholine rings is 1. The fourth-order valence-electron chi connectivity index (χ4n) is 2.63. The molecule has 8 nitrogen and oxygen atoms in total. The molecule has 1 aromatic carbocycles. The maximum Gasteiger partial charge on any atom is 0.229 e. The number of aromatic nitrogens is 4. The van der Waals surface area contributed by atoms with Gasteiger partial charge in [0, 0.05) is 18.8 Å². The Morgan fingerprint density at radius 1 is 1.17 bits per heavy atom. The lowest BCUT2D eigenvalue weighted by molar-refractivity contribution is 0.122. The van der Waals surface area contributed by atoms with Crippen LogP contribution in [0, 0.1) is 0 Å². The van der Waals surface area contributed by atoms with E-state index < -0.39 is 0 Å². The van der Waals surface area contributed by atoms with Gasteiger partial charge >= 0.3 is 0 Å². The summed E-state index contributed by atoms with van der Waals surface area (Å²) in [6.07, 6.45) is 1.73. The number of benzene rings is 1. The van der Waals surface area contributed by atoms with Gasteiger partial charge in [0.2, 0.25) is 5.95 Å². The van der Waals surface area contributed by atoms with Gasteiger partial charge in [-0.05, 0) is 24.3 Å². The number of methoxy groups -OCH3 is 1. The number of rotatable bonds is 4. The van der Waals surface area contributed by atoms with Crippen molar-refractivity contribution in [1.29, 1.82) is 0 Å². The number of aromatic amines is 1. The summed E-state index contributed by atoms with van der Waals surface area (Å²) in [4.78, 5) is 11.4. The van der Waals surface area contributed by atoms with E-state index in [-0.39, 0.29) is 0 Å². The smallest absolute Gasteiger partial charge is 0.229 e. The first kappa shape index (κ1) is 14.7. The second-order valence-electron chi connectivity index (χ2n) is 5.46. The van der Waals surface area contributed by atoms with Crippen LogP contribution in [0.25, 0.3) is 11.0 Å². The van der Waals surface area contributed by atoms with Crippen molar-refractivity contribution >= 4 is 28.5 Å². The molecule has 0 unspecified atom stereocenters. The molecule has 0 spiro atoms. The lowest BCUT2D eigenvalue weighted by Gasteiger charge is -2.27. The van der Waals surface area contributed by atoms with Crippen LogP contribution in [0.15, 0.2) is 30.5 Å². The summed E-state index contributed by atoms with van der Waals surface area (Å²) in [6.45, 7) is 2.93. The highest BCUT2D eigenvalue weighted by molar-refractivity contribution is 5.89. The zero-order chi connectivity index (χ0) is 16.4. The first-order valence-electron chi connectivity index (χ1n) is 7.78. The highest BCUT2D eigenvalue weighted by Gasteiger charge is 2.17. The topological polar surface area (TPSA) is 88.2 Å². The van der Waals surface area contributed by atoms with Crippen molar-refractivity contribution in [3.05, 3.63) is 30.5 Å². The van der Waals surface area contributed by atoms with Gasteiger partial charge in [0.25, 0.3) is 0 Å². The predicted molar refractivity (Wildman–Crippen MR) is 91.0 cm³/mol. The normalized spacial score (nSPS) is 14.8. The van der Waals surface area contributed by atoms with E-state index in [9.17, 15) is 0 Å². The second-order valence-corrected chi connectivity index (χ2v) is 5.46. The maximum atomic E-state index is 5.40. The Bertz CT molecular complexity index is 826. The first-order chi connectivity index (χ1) is 11.8. The standard InChI is InChI=1S/C16H18N6O2/c1-23-12-4-2-11(3-5-12)18-14-13-10-17-21-15(13)20-16(19-14)22-6-8-24-9-7-22/h2-5,10H,6-9H2,1H3,(H2,17,18,19,20,21). The van der Waals surface area contributed by atoms with Crippen LogP contribution >= 0.6 is 0 Å². The molecule has 1 aliphatic rings. The Kier molecular flexibility index (Phi) is 3.87. The molecular weight excluding hydrogens is 308 g/mol. The molecule has 4 rings (SSSR count). The first-order valence-corrected chi connectivity index (χ1v) is 7.78. The third-order valence-electron chi connectivity index (χ3n) is 3.94. The number of anilines is 3. The molecule has 1 saturated heterocycles. The van der Waals surface area contributed by atoms with E-state index in [2.05, 4.69) is 25.4 Å².